The van der Waals surface area contributed by atoms with Crippen LogP contribution in [-0.2, 0) is 37.8 Å². The zero-order chi connectivity index (χ0) is 18.6. The average Bonchev–Trinajstić information content (AvgIpc) is 2.87. The van der Waals surface area contributed by atoms with E-state index in [0.717, 1.165) is 0 Å². The topological polar surface area (TPSA) is 97.4 Å². The summed E-state index contributed by atoms with van der Waals surface area (Å²) >= 11 is 0. The van der Waals surface area contributed by atoms with Crippen LogP contribution in [0.2, 0.25) is 0 Å². The number of hydrogen-bond acceptors (Lipinski definition) is 8. The number of esters is 1. The number of fused-ring (bicyclic) bond motifs is 1. The van der Waals surface area contributed by atoms with Gasteiger partial charge in [-0.1, -0.05) is 4.57 Å². The fourth-order valence-corrected chi connectivity index (χ4v) is 3.65. The molecule has 5 atom stereocenters. The van der Waals surface area contributed by atoms with E-state index in [1.807, 2.05) is 0 Å². The van der Waals surface area contributed by atoms with Crippen LogP contribution in [-0.4, -0.2) is 68.7 Å². The van der Waals surface area contributed by atoms with Gasteiger partial charge in [-0.25, -0.2) is 4.79 Å². The molecule has 0 N–H and O–H groups in total. The summed E-state index contributed by atoms with van der Waals surface area (Å²) in [6.45, 7) is 5.21. The predicted octanol–water partition coefficient (Wildman–Crippen LogP) is 1.48. The first-order valence-corrected chi connectivity index (χ1v) is 9.97. The molecule has 0 amide bonds. The van der Waals surface area contributed by atoms with Crippen molar-refractivity contribution in [2.45, 2.75) is 51.3 Å². The summed E-state index contributed by atoms with van der Waals surface area (Å²) in [6, 6.07) is 0. The van der Waals surface area contributed by atoms with E-state index in [1.165, 1.54) is 7.11 Å². The van der Waals surface area contributed by atoms with Gasteiger partial charge in [-0.05, 0) is 20.8 Å². The Morgan fingerprint density at radius 1 is 1.32 bits per heavy atom. The third-order valence-electron chi connectivity index (χ3n) is 4.22. The molecule has 25 heavy (non-hydrogen) atoms. The lowest BCUT2D eigenvalue weighted by Gasteiger charge is -2.35. The van der Waals surface area contributed by atoms with Crippen LogP contribution in [0.1, 0.15) is 27.2 Å². The van der Waals surface area contributed by atoms with Gasteiger partial charge in [0.25, 0.3) is 0 Å². The van der Waals surface area contributed by atoms with Crippen LogP contribution < -0.4 is 0 Å². The van der Waals surface area contributed by atoms with Gasteiger partial charge in [0, 0.05) is 13.5 Å². The zero-order valence-corrected chi connectivity index (χ0v) is 16.0. The van der Waals surface area contributed by atoms with Crippen molar-refractivity contribution in [2.24, 2.45) is 5.92 Å². The summed E-state index contributed by atoms with van der Waals surface area (Å²) in [7, 11) is -0.0964. The summed E-state index contributed by atoms with van der Waals surface area (Å²) < 4.78 is 38.8. The number of ether oxygens (including phenoxy) is 5. The Kier molecular flexibility index (Phi) is 7.05. The van der Waals surface area contributed by atoms with Crippen LogP contribution in [0.15, 0.2) is 0 Å². The van der Waals surface area contributed by atoms with Gasteiger partial charge in [0.05, 0.1) is 12.0 Å². The second kappa shape index (κ2) is 8.64. The molecule has 9 heteroatoms. The number of ketones is 1. The molecule has 5 unspecified atom stereocenters. The standard InChI is InChI=1S/C16H26O8P/c1-5-25(19)8-13(18)21-7-10-11(17)6-12(22-9-20-4)15-14(10)23-16(2,3)24-15/h10,12,14-15H,5-9H2,1-4H3/q+1. The Hall–Kier alpha value is -0.920. The van der Waals surface area contributed by atoms with Crippen molar-refractivity contribution < 1.29 is 37.8 Å². The lowest BCUT2D eigenvalue weighted by molar-refractivity contribution is -0.171. The number of carbonyl (C=O) groups is 2. The normalized spacial score (nSPS) is 31.5. The van der Waals surface area contributed by atoms with Crippen LogP contribution in [0.5, 0.6) is 0 Å². The minimum atomic E-state index is -1.60. The summed E-state index contributed by atoms with van der Waals surface area (Å²) in [5.74, 6) is -2.17. The van der Waals surface area contributed by atoms with E-state index in [4.69, 9.17) is 23.7 Å². The van der Waals surface area contributed by atoms with E-state index in [-0.39, 0.29) is 31.8 Å². The van der Waals surface area contributed by atoms with Crippen LogP contribution in [0.3, 0.4) is 0 Å². The second-order valence-electron chi connectivity index (χ2n) is 6.59. The van der Waals surface area contributed by atoms with Gasteiger partial charge in [0.15, 0.2) is 5.79 Å². The number of Topliss-reactive ketones (excluding diaryl/α,β-unsaturated/α-hetero) is 1. The second-order valence-corrected chi connectivity index (χ2v) is 8.50. The Bertz CT molecular complexity index is 520. The van der Waals surface area contributed by atoms with Gasteiger partial charge in [-0.3, -0.25) is 4.79 Å². The van der Waals surface area contributed by atoms with Crippen molar-refractivity contribution in [2.75, 3.05) is 32.8 Å². The fourth-order valence-electron chi connectivity index (χ4n) is 3.05. The maximum absolute atomic E-state index is 12.5. The molecule has 1 heterocycles. The van der Waals surface area contributed by atoms with Gasteiger partial charge in [-0.15, -0.1) is 0 Å². The first kappa shape index (κ1) is 20.4. The van der Waals surface area contributed by atoms with Crippen molar-refractivity contribution in [1.29, 1.82) is 0 Å². The molecule has 2 rings (SSSR count). The van der Waals surface area contributed by atoms with Crippen LogP contribution in [0.25, 0.3) is 0 Å². The highest BCUT2D eigenvalue weighted by atomic mass is 31.1. The first-order valence-electron chi connectivity index (χ1n) is 8.34. The lowest BCUT2D eigenvalue weighted by Crippen LogP contribution is -2.52. The van der Waals surface area contributed by atoms with E-state index in [1.54, 1.807) is 20.8 Å². The van der Waals surface area contributed by atoms with Crippen LogP contribution in [0.4, 0.5) is 0 Å². The maximum atomic E-state index is 12.5. The number of carbonyl (C=O) groups excluding carboxylic acids is 2. The van der Waals surface area contributed by atoms with Crippen molar-refractivity contribution in [3.63, 3.8) is 0 Å². The summed E-state index contributed by atoms with van der Waals surface area (Å²) in [6.07, 6.45) is -1.06. The SMILES string of the molecule is CC[P+](=O)CC(=O)OCC1C(=O)CC(OCOC)C2OC(C)(C)OC12. The van der Waals surface area contributed by atoms with Crippen molar-refractivity contribution >= 4 is 19.6 Å². The Morgan fingerprint density at radius 3 is 2.64 bits per heavy atom. The maximum Gasteiger partial charge on any atom is 0.354 e. The number of rotatable bonds is 8. The number of hydrogen-bond donors (Lipinski definition) is 0. The Labute approximate surface area is 148 Å². The Morgan fingerprint density at radius 2 is 2.00 bits per heavy atom. The van der Waals surface area contributed by atoms with Gasteiger partial charge < -0.3 is 23.7 Å². The molecule has 0 aromatic heterocycles. The third kappa shape index (κ3) is 5.28. The molecule has 1 saturated carbocycles. The largest absolute Gasteiger partial charge is 0.462 e. The molecule has 0 bridgehead atoms. The van der Waals surface area contributed by atoms with Gasteiger partial charge in [-0.2, -0.15) is 0 Å². The molecule has 142 valence electrons. The smallest absolute Gasteiger partial charge is 0.354 e. The molecule has 0 radical (unpaired) electrons. The van der Waals surface area contributed by atoms with Crippen molar-refractivity contribution in [3.8, 4) is 0 Å². The zero-order valence-electron chi connectivity index (χ0n) is 15.1. The molecule has 0 aromatic carbocycles. The molecule has 1 saturated heterocycles. The molecular formula is C16H26O8P+. The Balaban J connectivity index is 2.02. The highest BCUT2D eigenvalue weighted by Crippen LogP contribution is 2.40. The highest BCUT2D eigenvalue weighted by Gasteiger charge is 2.54. The van der Waals surface area contributed by atoms with E-state index < -0.39 is 43.8 Å². The molecule has 2 aliphatic rings. The molecule has 1 aliphatic carbocycles. The molecular weight excluding hydrogens is 351 g/mol. The average molecular weight is 377 g/mol. The quantitative estimate of drug-likeness (QED) is 0.356. The first-order chi connectivity index (χ1) is 11.8. The van der Waals surface area contributed by atoms with E-state index >= 15 is 0 Å². The van der Waals surface area contributed by atoms with Crippen molar-refractivity contribution in [3.05, 3.63) is 0 Å². The van der Waals surface area contributed by atoms with E-state index in [2.05, 4.69) is 0 Å². The highest BCUT2D eigenvalue weighted by molar-refractivity contribution is 7.45. The van der Waals surface area contributed by atoms with E-state index in [0.29, 0.717) is 6.16 Å². The van der Waals surface area contributed by atoms with Crippen LogP contribution in [0, 0.1) is 5.92 Å². The van der Waals surface area contributed by atoms with E-state index in [9.17, 15) is 14.2 Å². The molecule has 0 aromatic rings. The molecule has 2 fully saturated rings. The van der Waals surface area contributed by atoms with Crippen molar-refractivity contribution in [1.82, 2.24) is 0 Å². The monoisotopic (exact) mass is 377 g/mol. The minimum Gasteiger partial charge on any atom is -0.462 e. The van der Waals surface area contributed by atoms with Crippen LogP contribution >= 0.6 is 7.80 Å². The molecule has 1 aliphatic heterocycles. The minimum absolute atomic E-state index is 0.0503. The number of methoxy groups -OCH3 is 1. The lowest BCUT2D eigenvalue weighted by atomic mass is 9.82. The third-order valence-corrected chi connectivity index (χ3v) is 5.54. The summed E-state index contributed by atoms with van der Waals surface area (Å²) in [5.41, 5.74) is 0. The fraction of sp³-hybridized carbons (Fsp3) is 0.875. The summed E-state index contributed by atoms with van der Waals surface area (Å²) in [5, 5.41) is 0. The molecule has 0 spiro atoms. The van der Waals surface area contributed by atoms with Gasteiger partial charge in [0.1, 0.15) is 37.6 Å². The summed E-state index contributed by atoms with van der Waals surface area (Å²) in [4.78, 5) is 24.3. The molecule has 8 nitrogen and oxygen atoms in total. The van der Waals surface area contributed by atoms with Gasteiger partial charge in [0.2, 0.25) is 6.16 Å². The van der Waals surface area contributed by atoms with Gasteiger partial charge >= 0.3 is 13.8 Å². The predicted molar refractivity (Wildman–Crippen MR) is 87.7 cm³/mol.